The van der Waals surface area contributed by atoms with Crippen molar-refractivity contribution in [2.45, 2.75) is 20.8 Å². The number of benzene rings is 1. The maximum Gasteiger partial charge on any atom is -0.00376 e. The van der Waals surface area contributed by atoms with Gasteiger partial charge in [0, 0.05) is 0 Å². The lowest BCUT2D eigenvalue weighted by molar-refractivity contribution is 0.552. The lowest BCUT2D eigenvalue weighted by Gasteiger charge is -2.03. The number of hydrogen-bond donors (Lipinski definition) is 1. The summed E-state index contributed by atoms with van der Waals surface area (Å²) in [5.41, 5.74) is 8.95. The van der Waals surface area contributed by atoms with Crippen LogP contribution in [0.2, 0.25) is 0 Å². The molecule has 16 heavy (non-hydrogen) atoms. The van der Waals surface area contributed by atoms with Crippen LogP contribution >= 0.6 is 0 Å². The van der Waals surface area contributed by atoms with Gasteiger partial charge in [-0.3, -0.25) is 0 Å². The third kappa shape index (κ3) is 1.92. The summed E-state index contributed by atoms with van der Waals surface area (Å²) in [6.45, 7) is 7.67. The molecule has 2 rings (SSSR count). The van der Waals surface area contributed by atoms with Crippen molar-refractivity contribution < 1.29 is 0 Å². The summed E-state index contributed by atoms with van der Waals surface area (Å²) in [4.78, 5) is 0. The SMILES string of the molecule is C/C(=C/c1ccccc1)C1C(CN)C1(C)C. The molecule has 86 valence electrons. The molecule has 0 amide bonds. The Balaban J connectivity index is 2.16. The highest BCUT2D eigenvalue weighted by Gasteiger charge is 2.56. The molecule has 1 saturated carbocycles. The Morgan fingerprint density at radius 3 is 2.44 bits per heavy atom. The highest BCUT2D eigenvalue weighted by atomic mass is 14.7. The van der Waals surface area contributed by atoms with Gasteiger partial charge in [-0.2, -0.15) is 0 Å². The van der Waals surface area contributed by atoms with E-state index in [9.17, 15) is 0 Å². The van der Waals surface area contributed by atoms with E-state index in [0.717, 1.165) is 6.54 Å². The van der Waals surface area contributed by atoms with Crippen molar-refractivity contribution in [1.82, 2.24) is 0 Å². The fourth-order valence-electron chi connectivity index (χ4n) is 2.99. The molecule has 1 aliphatic rings. The van der Waals surface area contributed by atoms with Crippen LogP contribution in [0.1, 0.15) is 26.3 Å². The summed E-state index contributed by atoms with van der Waals surface area (Å²) in [5, 5.41) is 0. The van der Waals surface area contributed by atoms with Crippen LogP contribution in [-0.2, 0) is 0 Å². The van der Waals surface area contributed by atoms with Crippen molar-refractivity contribution in [3.05, 3.63) is 41.5 Å². The van der Waals surface area contributed by atoms with E-state index in [4.69, 9.17) is 5.73 Å². The maximum atomic E-state index is 5.80. The Hall–Kier alpha value is -1.08. The molecule has 1 aliphatic carbocycles. The molecule has 0 heterocycles. The summed E-state index contributed by atoms with van der Waals surface area (Å²) < 4.78 is 0. The molecule has 0 saturated heterocycles. The Bertz CT molecular complexity index is 389. The topological polar surface area (TPSA) is 26.0 Å². The molecular formula is C15H21N. The fraction of sp³-hybridized carbons (Fsp3) is 0.467. The molecule has 1 fully saturated rings. The second-order valence-electron chi connectivity index (χ2n) is 5.44. The van der Waals surface area contributed by atoms with Gasteiger partial charge in [0.25, 0.3) is 0 Å². The zero-order chi connectivity index (χ0) is 11.8. The largest absolute Gasteiger partial charge is 0.330 e. The summed E-state index contributed by atoms with van der Waals surface area (Å²) in [6, 6.07) is 10.5. The van der Waals surface area contributed by atoms with Gasteiger partial charge in [-0.05, 0) is 36.3 Å². The predicted octanol–water partition coefficient (Wildman–Crippen LogP) is 3.32. The van der Waals surface area contributed by atoms with Gasteiger partial charge in [-0.25, -0.2) is 0 Å². The second-order valence-corrected chi connectivity index (χ2v) is 5.44. The highest BCUT2D eigenvalue weighted by molar-refractivity contribution is 5.54. The molecule has 0 radical (unpaired) electrons. The van der Waals surface area contributed by atoms with Crippen molar-refractivity contribution in [2.24, 2.45) is 23.0 Å². The smallest absolute Gasteiger partial charge is 0.00376 e. The fourth-order valence-corrected chi connectivity index (χ4v) is 2.99. The molecule has 1 nitrogen and oxygen atoms in total. The Kier molecular flexibility index (Phi) is 2.90. The number of allylic oxidation sites excluding steroid dienone is 1. The minimum atomic E-state index is 0.393. The molecule has 0 aromatic heterocycles. The summed E-state index contributed by atoms with van der Waals surface area (Å²) >= 11 is 0. The van der Waals surface area contributed by atoms with Gasteiger partial charge in [-0.15, -0.1) is 0 Å². The van der Waals surface area contributed by atoms with Crippen molar-refractivity contribution in [1.29, 1.82) is 0 Å². The van der Waals surface area contributed by atoms with Crippen LogP contribution in [0.4, 0.5) is 0 Å². The average molecular weight is 215 g/mol. The molecule has 1 heteroatoms. The lowest BCUT2D eigenvalue weighted by Crippen LogP contribution is -2.05. The van der Waals surface area contributed by atoms with Crippen LogP contribution in [0.3, 0.4) is 0 Å². The molecular weight excluding hydrogens is 194 g/mol. The molecule has 0 aliphatic heterocycles. The van der Waals surface area contributed by atoms with E-state index in [1.165, 1.54) is 11.1 Å². The van der Waals surface area contributed by atoms with E-state index < -0.39 is 0 Å². The van der Waals surface area contributed by atoms with Gasteiger partial charge in [0.1, 0.15) is 0 Å². The Morgan fingerprint density at radius 2 is 1.94 bits per heavy atom. The predicted molar refractivity (Wildman–Crippen MR) is 69.9 cm³/mol. The van der Waals surface area contributed by atoms with Crippen molar-refractivity contribution >= 4 is 6.08 Å². The molecule has 0 spiro atoms. The molecule has 1 aromatic rings. The maximum absolute atomic E-state index is 5.80. The van der Waals surface area contributed by atoms with Crippen LogP contribution in [0.5, 0.6) is 0 Å². The minimum absolute atomic E-state index is 0.393. The van der Waals surface area contributed by atoms with E-state index in [1.54, 1.807) is 0 Å². The first-order chi connectivity index (χ1) is 7.57. The zero-order valence-electron chi connectivity index (χ0n) is 10.4. The minimum Gasteiger partial charge on any atom is -0.330 e. The van der Waals surface area contributed by atoms with E-state index in [2.05, 4.69) is 57.2 Å². The average Bonchev–Trinajstić information content (AvgIpc) is 2.82. The zero-order valence-corrected chi connectivity index (χ0v) is 10.4. The summed E-state index contributed by atoms with van der Waals surface area (Å²) in [6.07, 6.45) is 2.29. The normalized spacial score (nSPS) is 27.9. The molecule has 0 bridgehead atoms. The van der Waals surface area contributed by atoms with Crippen LogP contribution in [0.15, 0.2) is 35.9 Å². The van der Waals surface area contributed by atoms with Crippen molar-refractivity contribution in [2.75, 3.05) is 6.54 Å². The molecule has 2 N–H and O–H groups in total. The standard InChI is InChI=1S/C15H21N/c1-11(9-12-7-5-4-6-8-12)14-13(10-16)15(14,2)3/h4-9,13-14H,10,16H2,1-3H3/b11-9-. The highest BCUT2D eigenvalue weighted by Crippen LogP contribution is 2.61. The van der Waals surface area contributed by atoms with Crippen molar-refractivity contribution in [3.8, 4) is 0 Å². The van der Waals surface area contributed by atoms with Crippen molar-refractivity contribution in [3.63, 3.8) is 0 Å². The van der Waals surface area contributed by atoms with Gasteiger partial charge in [0.2, 0.25) is 0 Å². The van der Waals surface area contributed by atoms with Crippen LogP contribution in [0, 0.1) is 17.3 Å². The van der Waals surface area contributed by atoms with Gasteiger partial charge >= 0.3 is 0 Å². The Morgan fingerprint density at radius 1 is 1.31 bits per heavy atom. The quantitative estimate of drug-likeness (QED) is 0.822. The number of nitrogens with two attached hydrogens (primary N) is 1. The molecule has 1 aromatic carbocycles. The third-order valence-corrected chi connectivity index (χ3v) is 3.99. The second kappa shape index (κ2) is 4.06. The van der Waals surface area contributed by atoms with Crippen LogP contribution < -0.4 is 5.73 Å². The van der Waals surface area contributed by atoms with E-state index in [0.29, 0.717) is 17.3 Å². The van der Waals surface area contributed by atoms with Gasteiger partial charge in [0.15, 0.2) is 0 Å². The lowest BCUT2D eigenvalue weighted by atomic mass is 10.0. The van der Waals surface area contributed by atoms with Gasteiger partial charge in [0.05, 0.1) is 0 Å². The van der Waals surface area contributed by atoms with Gasteiger partial charge in [-0.1, -0.05) is 55.8 Å². The van der Waals surface area contributed by atoms with E-state index >= 15 is 0 Å². The first-order valence-electron chi connectivity index (χ1n) is 6.00. The molecule has 2 unspecified atom stereocenters. The third-order valence-electron chi connectivity index (χ3n) is 3.99. The monoisotopic (exact) mass is 215 g/mol. The van der Waals surface area contributed by atoms with Gasteiger partial charge < -0.3 is 5.73 Å². The first-order valence-corrected chi connectivity index (χ1v) is 6.00. The first kappa shape index (κ1) is 11.4. The van der Waals surface area contributed by atoms with Crippen LogP contribution in [-0.4, -0.2) is 6.54 Å². The van der Waals surface area contributed by atoms with E-state index in [-0.39, 0.29) is 0 Å². The van der Waals surface area contributed by atoms with E-state index in [1.807, 2.05) is 0 Å². The van der Waals surface area contributed by atoms with Crippen LogP contribution in [0.25, 0.3) is 6.08 Å². The molecule has 2 atom stereocenters. The summed E-state index contributed by atoms with van der Waals surface area (Å²) in [7, 11) is 0. The summed E-state index contributed by atoms with van der Waals surface area (Å²) in [5.74, 6) is 1.32. The number of hydrogen-bond acceptors (Lipinski definition) is 1. The Labute approximate surface area is 98.4 Å². The number of rotatable bonds is 3.